The fourth-order valence-electron chi connectivity index (χ4n) is 5.68. The number of benzene rings is 3. The minimum absolute atomic E-state index is 0.0994. The summed E-state index contributed by atoms with van der Waals surface area (Å²) in [5.74, 6) is 1.49. The van der Waals surface area contributed by atoms with E-state index in [1.54, 1.807) is 7.11 Å². The van der Waals surface area contributed by atoms with Crippen molar-refractivity contribution in [2.24, 2.45) is 0 Å². The van der Waals surface area contributed by atoms with Crippen molar-refractivity contribution in [2.45, 2.75) is 44.9 Å². The summed E-state index contributed by atoms with van der Waals surface area (Å²) in [6, 6.07) is 27.7. The molecular formula is C32H40N2O2. The first-order valence-electron chi connectivity index (χ1n) is 13.3. The van der Waals surface area contributed by atoms with Gasteiger partial charge in [-0.1, -0.05) is 61.5 Å². The van der Waals surface area contributed by atoms with Crippen molar-refractivity contribution in [2.75, 3.05) is 39.8 Å². The predicted molar refractivity (Wildman–Crippen MR) is 148 cm³/mol. The smallest absolute Gasteiger partial charge is 0.253 e. The van der Waals surface area contributed by atoms with Crippen molar-refractivity contribution in [3.05, 3.63) is 101 Å². The maximum atomic E-state index is 12.9. The average Bonchev–Trinajstić information content (AvgIpc) is 2.94. The highest BCUT2D eigenvalue weighted by Crippen LogP contribution is 2.43. The lowest BCUT2D eigenvalue weighted by molar-refractivity contribution is 0.0773. The number of nitrogens with zero attached hydrogens (tertiary/aromatic N) is 2. The van der Waals surface area contributed by atoms with Crippen LogP contribution in [0.4, 0.5) is 0 Å². The Labute approximate surface area is 216 Å². The van der Waals surface area contributed by atoms with Crippen LogP contribution in [0.15, 0.2) is 78.9 Å². The third-order valence-corrected chi connectivity index (χ3v) is 7.97. The molecule has 1 unspecified atom stereocenters. The number of hydrogen-bond acceptors (Lipinski definition) is 3. The third-order valence-electron chi connectivity index (χ3n) is 7.97. The quantitative estimate of drug-likeness (QED) is 0.354. The van der Waals surface area contributed by atoms with Gasteiger partial charge >= 0.3 is 0 Å². The number of ether oxygens (including phenoxy) is 1. The molecule has 0 N–H and O–H groups in total. The van der Waals surface area contributed by atoms with E-state index in [1.165, 1.54) is 16.7 Å². The molecular weight excluding hydrogens is 444 g/mol. The van der Waals surface area contributed by atoms with Crippen LogP contribution in [0.25, 0.3) is 0 Å². The van der Waals surface area contributed by atoms with Crippen LogP contribution in [0.2, 0.25) is 0 Å². The highest BCUT2D eigenvalue weighted by Gasteiger charge is 2.38. The summed E-state index contributed by atoms with van der Waals surface area (Å²) >= 11 is 0. The molecule has 190 valence electrons. The van der Waals surface area contributed by atoms with E-state index in [4.69, 9.17) is 4.74 Å². The van der Waals surface area contributed by atoms with Crippen molar-refractivity contribution in [3.63, 3.8) is 0 Å². The molecule has 36 heavy (non-hydrogen) atoms. The zero-order valence-electron chi connectivity index (χ0n) is 22.2. The first kappa shape index (κ1) is 26.0. The molecule has 0 aliphatic carbocycles. The van der Waals surface area contributed by atoms with Gasteiger partial charge in [-0.3, -0.25) is 4.79 Å². The molecule has 1 heterocycles. The molecule has 1 fully saturated rings. The molecule has 4 rings (SSSR count). The monoisotopic (exact) mass is 484 g/mol. The van der Waals surface area contributed by atoms with Crippen LogP contribution < -0.4 is 4.74 Å². The molecule has 1 saturated heterocycles. The molecule has 1 atom stereocenters. The highest BCUT2D eigenvalue weighted by molar-refractivity contribution is 5.94. The Morgan fingerprint density at radius 2 is 1.58 bits per heavy atom. The largest absolute Gasteiger partial charge is 0.497 e. The van der Waals surface area contributed by atoms with Crippen molar-refractivity contribution in [1.29, 1.82) is 0 Å². The van der Waals surface area contributed by atoms with Crippen LogP contribution in [0, 0.1) is 0 Å². The summed E-state index contributed by atoms with van der Waals surface area (Å²) in [7, 11) is 1.73. The Kier molecular flexibility index (Phi) is 8.48. The Morgan fingerprint density at radius 1 is 0.917 bits per heavy atom. The van der Waals surface area contributed by atoms with E-state index < -0.39 is 0 Å². The number of likely N-dealkylation sites (tertiary alicyclic amines) is 1. The lowest BCUT2D eigenvalue weighted by atomic mass is 9.68. The van der Waals surface area contributed by atoms with E-state index in [9.17, 15) is 4.79 Å². The Morgan fingerprint density at radius 3 is 2.19 bits per heavy atom. The van der Waals surface area contributed by atoms with Gasteiger partial charge in [-0.15, -0.1) is 0 Å². The molecule has 1 amide bonds. The van der Waals surface area contributed by atoms with E-state index in [-0.39, 0.29) is 11.3 Å². The van der Waals surface area contributed by atoms with Crippen molar-refractivity contribution in [3.8, 4) is 5.75 Å². The normalized spacial score (nSPS) is 16.3. The number of rotatable bonds is 9. The van der Waals surface area contributed by atoms with Gasteiger partial charge in [0.25, 0.3) is 5.91 Å². The van der Waals surface area contributed by atoms with Crippen LogP contribution in [0.3, 0.4) is 0 Å². The van der Waals surface area contributed by atoms with Crippen molar-refractivity contribution >= 4 is 5.91 Å². The molecule has 4 heteroatoms. The fourth-order valence-corrected chi connectivity index (χ4v) is 5.68. The summed E-state index contributed by atoms with van der Waals surface area (Å²) in [5, 5.41) is 0. The molecule has 0 saturated carbocycles. The number of methoxy groups -OCH3 is 1. The number of carbonyl (C=O) groups excluding carboxylic acids is 1. The van der Waals surface area contributed by atoms with Crippen LogP contribution in [-0.2, 0) is 5.41 Å². The number of amides is 1. The molecule has 1 aliphatic heterocycles. The van der Waals surface area contributed by atoms with Gasteiger partial charge in [-0.05, 0) is 86.7 Å². The minimum atomic E-state index is -0.0994. The Hall–Kier alpha value is -3.11. The van der Waals surface area contributed by atoms with Gasteiger partial charge in [0.05, 0.1) is 7.11 Å². The molecule has 0 radical (unpaired) electrons. The summed E-state index contributed by atoms with van der Waals surface area (Å²) in [4.78, 5) is 17.4. The SMILES string of the molecule is CCN(CC)C(=O)c1ccc(C2(c3cccc(OC)c3)CCN(CC(C)c3ccccc3)CC2)cc1. The zero-order valence-corrected chi connectivity index (χ0v) is 22.2. The van der Waals surface area contributed by atoms with Gasteiger partial charge < -0.3 is 14.5 Å². The summed E-state index contributed by atoms with van der Waals surface area (Å²) in [6.07, 6.45) is 2.07. The second kappa shape index (κ2) is 11.7. The summed E-state index contributed by atoms with van der Waals surface area (Å²) in [5.41, 5.74) is 4.63. The van der Waals surface area contributed by atoms with Crippen molar-refractivity contribution in [1.82, 2.24) is 9.80 Å². The molecule has 0 bridgehead atoms. The number of carbonyl (C=O) groups is 1. The second-order valence-corrected chi connectivity index (χ2v) is 9.98. The van der Waals surface area contributed by atoms with Gasteiger partial charge in [-0.25, -0.2) is 0 Å². The van der Waals surface area contributed by atoms with Gasteiger partial charge in [-0.2, -0.15) is 0 Å². The molecule has 1 aliphatic rings. The lowest BCUT2D eigenvalue weighted by Gasteiger charge is -2.43. The van der Waals surface area contributed by atoms with Gasteiger partial charge in [0.15, 0.2) is 0 Å². The fraction of sp³-hybridized carbons (Fsp3) is 0.406. The van der Waals surface area contributed by atoms with E-state index in [2.05, 4.69) is 72.5 Å². The maximum absolute atomic E-state index is 12.9. The van der Waals surface area contributed by atoms with Crippen LogP contribution in [0.1, 0.15) is 66.6 Å². The minimum Gasteiger partial charge on any atom is -0.497 e. The highest BCUT2D eigenvalue weighted by atomic mass is 16.5. The van der Waals surface area contributed by atoms with Crippen LogP contribution in [-0.4, -0.2) is 55.5 Å². The summed E-state index contributed by atoms with van der Waals surface area (Å²) in [6.45, 7) is 11.0. The van der Waals surface area contributed by atoms with E-state index in [1.807, 2.05) is 36.9 Å². The number of piperidine rings is 1. The van der Waals surface area contributed by atoms with Gasteiger partial charge in [0, 0.05) is 30.6 Å². The second-order valence-electron chi connectivity index (χ2n) is 9.98. The zero-order chi connectivity index (χ0) is 25.5. The molecule has 3 aromatic carbocycles. The molecule has 4 nitrogen and oxygen atoms in total. The Bertz CT molecular complexity index is 1110. The Balaban J connectivity index is 1.59. The van der Waals surface area contributed by atoms with E-state index in [0.717, 1.165) is 56.9 Å². The molecule has 0 spiro atoms. The first-order chi connectivity index (χ1) is 17.5. The number of hydrogen-bond donors (Lipinski definition) is 0. The van der Waals surface area contributed by atoms with Gasteiger partial charge in [0.1, 0.15) is 5.75 Å². The van der Waals surface area contributed by atoms with E-state index >= 15 is 0 Å². The first-order valence-corrected chi connectivity index (χ1v) is 13.3. The maximum Gasteiger partial charge on any atom is 0.253 e. The molecule has 3 aromatic rings. The third kappa shape index (κ3) is 5.49. The topological polar surface area (TPSA) is 32.8 Å². The van der Waals surface area contributed by atoms with Crippen LogP contribution >= 0.6 is 0 Å². The van der Waals surface area contributed by atoms with Crippen LogP contribution in [0.5, 0.6) is 5.75 Å². The lowest BCUT2D eigenvalue weighted by Crippen LogP contribution is -2.44. The van der Waals surface area contributed by atoms with Gasteiger partial charge in [0.2, 0.25) is 0 Å². The predicted octanol–water partition coefficient (Wildman–Crippen LogP) is 6.36. The van der Waals surface area contributed by atoms with Crippen molar-refractivity contribution < 1.29 is 9.53 Å². The summed E-state index contributed by atoms with van der Waals surface area (Å²) < 4.78 is 5.59. The molecule has 0 aromatic heterocycles. The van der Waals surface area contributed by atoms with E-state index in [0.29, 0.717) is 5.92 Å². The average molecular weight is 485 g/mol. The standard InChI is InChI=1S/C32H40N2O2/c1-5-34(6-2)31(35)27-15-17-28(18-16-27)32(29-13-10-14-30(23-29)36-4)19-21-33(22-20-32)24-25(3)26-11-8-7-9-12-26/h7-18,23,25H,5-6,19-22,24H2,1-4H3.